The Kier molecular flexibility index (Phi) is 8.15. The van der Waals surface area contributed by atoms with Crippen molar-refractivity contribution in [3.8, 4) is 0 Å². The maximum absolute atomic E-state index is 11.6. The summed E-state index contributed by atoms with van der Waals surface area (Å²) in [6.07, 6.45) is 3.33. The van der Waals surface area contributed by atoms with E-state index in [0.717, 1.165) is 0 Å². The first-order chi connectivity index (χ1) is 7.65. The third-order valence-electron chi connectivity index (χ3n) is 2.00. The smallest absolute Gasteiger partial charge is 0.307 e. The quantitative estimate of drug-likeness (QED) is 0.474. The first-order valence-corrected chi connectivity index (χ1v) is 5.13. The predicted molar refractivity (Wildman–Crippen MR) is 59.9 cm³/mol. The summed E-state index contributed by atoms with van der Waals surface area (Å²) in [5.41, 5.74) is 0. The lowest BCUT2D eigenvalue weighted by molar-refractivity contribution is -0.141. The molecule has 0 rings (SSSR count). The highest BCUT2D eigenvalue weighted by Gasteiger charge is 2.12. The average Bonchev–Trinajstić information content (AvgIpc) is 2.29. The lowest BCUT2D eigenvalue weighted by atomic mass is 10.3. The zero-order chi connectivity index (χ0) is 12.4. The van der Waals surface area contributed by atoms with Gasteiger partial charge in [0.05, 0.1) is 20.1 Å². The predicted octanol–water partition coefficient (Wildman–Crippen LogP) is 0.601. The van der Waals surface area contributed by atoms with Crippen LogP contribution in [0.4, 0.5) is 0 Å². The average molecular weight is 229 g/mol. The molecule has 0 aliphatic rings. The molecule has 0 bridgehead atoms. The summed E-state index contributed by atoms with van der Waals surface area (Å²) in [5, 5.41) is 0. The molecule has 0 aromatic carbocycles. The normalized spacial score (nSPS) is 10.4. The van der Waals surface area contributed by atoms with Gasteiger partial charge in [0.2, 0.25) is 5.91 Å². The number of amides is 1. The first kappa shape index (κ1) is 14.6. The number of hydrogen-bond acceptors (Lipinski definition) is 4. The van der Waals surface area contributed by atoms with Gasteiger partial charge in [-0.05, 0) is 13.0 Å². The molecule has 0 saturated heterocycles. The molecule has 0 heterocycles. The maximum atomic E-state index is 11.6. The van der Waals surface area contributed by atoms with Crippen molar-refractivity contribution in [3.05, 3.63) is 12.2 Å². The number of allylic oxidation sites excluding steroid dienone is 1. The van der Waals surface area contributed by atoms with Crippen LogP contribution in [0.2, 0.25) is 0 Å². The zero-order valence-corrected chi connectivity index (χ0v) is 10.1. The van der Waals surface area contributed by atoms with E-state index in [9.17, 15) is 9.59 Å². The Morgan fingerprint density at radius 1 is 1.25 bits per heavy atom. The lowest BCUT2D eigenvalue weighted by Gasteiger charge is -2.20. The number of rotatable bonds is 7. The van der Waals surface area contributed by atoms with Gasteiger partial charge < -0.3 is 14.4 Å². The van der Waals surface area contributed by atoms with Crippen molar-refractivity contribution < 1.29 is 19.1 Å². The second kappa shape index (κ2) is 8.91. The van der Waals surface area contributed by atoms with Crippen molar-refractivity contribution >= 4 is 11.9 Å². The van der Waals surface area contributed by atoms with E-state index in [1.807, 2.05) is 0 Å². The Labute approximate surface area is 96.0 Å². The van der Waals surface area contributed by atoms with E-state index >= 15 is 0 Å². The van der Waals surface area contributed by atoms with Crippen LogP contribution in [0.5, 0.6) is 0 Å². The fraction of sp³-hybridized carbons (Fsp3) is 0.636. The molecule has 92 valence electrons. The molecule has 0 N–H and O–H groups in total. The van der Waals surface area contributed by atoms with Gasteiger partial charge in [-0.15, -0.1) is 0 Å². The van der Waals surface area contributed by atoms with E-state index in [1.54, 1.807) is 25.0 Å². The molecular formula is C11H19NO4. The van der Waals surface area contributed by atoms with Gasteiger partial charge in [0.1, 0.15) is 0 Å². The minimum absolute atomic E-state index is 0.122. The number of hydrogen-bond donors (Lipinski definition) is 0. The number of carbonyl (C=O) groups is 2. The molecule has 0 fully saturated rings. The number of methoxy groups -OCH3 is 2. The van der Waals surface area contributed by atoms with Gasteiger partial charge in [0.25, 0.3) is 0 Å². The summed E-state index contributed by atoms with van der Waals surface area (Å²) in [7, 11) is 2.90. The summed E-state index contributed by atoms with van der Waals surface area (Å²) >= 11 is 0. The van der Waals surface area contributed by atoms with Crippen LogP contribution < -0.4 is 0 Å². The van der Waals surface area contributed by atoms with Gasteiger partial charge in [-0.25, -0.2) is 0 Å². The molecular weight excluding hydrogens is 210 g/mol. The van der Waals surface area contributed by atoms with Gasteiger partial charge in [0.15, 0.2) is 0 Å². The number of carbonyl (C=O) groups excluding carboxylic acids is 2. The molecule has 1 amide bonds. The van der Waals surface area contributed by atoms with Gasteiger partial charge >= 0.3 is 5.97 Å². The first-order valence-electron chi connectivity index (χ1n) is 5.13. The second-order valence-corrected chi connectivity index (χ2v) is 3.14. The number of nitrogens with zero attached hydrogens (tertiary/aromatic N) is 1. The van der Waals surface area contributed by atoms with Crippen LogP contribution in [-0.2, 0) is 19.1 Å². The summed E-state index contributed by atoms with van der Waals surface area (Å²) in [4.78, 5) is 24.1. The van der Waals surface area contributed by atoms with Crippen LogP contribution in [0.1, 0.15) is 13.3 Å². The molecule has 0 spiro atoms. The highest BCUT2D eigenvalue weighted by molar-refractivity contribution is 5.87. The molecule has 0 aromatic rings. The van der Waals surface area contributed by atoms with Crippen LogP contribution >= 0.6 is 0 Å². The molecule has 5 nitrogen and oxygen atoms in total. The topological polar surface area (TPSA) is 55.8 Å². The maximum Gasteiger partial charge on any atom is 0.307 e. The third-order valence-corrected chi connectivity index (χ3v) is 2.00. The Balaban J connectivity index is 4.19. The molecule has 0 aliphatic carbocycles. The fourth-order valence-electron chi connectivity index (χ4n) is 1.11. The summed E-state index contributed by atoms with van der Waals surface area (Å²) in [6.45, 7) is 3.03. The minimum atomic E-state index is -0.323. The van der Waals surface area contributed by atoms with Crippen LogP contribution in [0.25, 0.3) is 0 Å². The third kappa shape index (κ3) is 6.19. The molecule has 0 atom stereocenters. The van der Waals surface area contributed by atoms with Crippen molar-refractivity contribution in [2.75, 3.05) is 33.9 Å². The van der Waals surface area contributed by atoms with Crippen molar-refractivity contribution in [2.45, 2.75) is 13.3 Å². The van der Waals surface area contributed by atoms with Crippen LogP contribution in [0, 0.1) is 0 Å². The molecule has 0 aromatic heterocycles. The zero-order valence-electron chi connectivity index (χ0n) is 10.1. The Morgan fingerprint density at radius 2 is 1.94 bits per heavy atom. The van der Waals surface area contributed by atoms with E-state index in [4.69, 9.17) is 4.74 Å². The van der Waals surface area contributed by atoms with Crippen molar-refractivity contribution in [3.63, 3.8) is 0 Å². The van der Waals surface area contributed by atoms with E-state index in [1.165, 1.54) is 13.2 Å². The monoisotopic (exact) mass is 229 g/mol. The van der Waals surface area contributed by atoms with E-state index in [-0.39, 0.29) is 18.3 Å². The summed E-state index contributed by atoms with van der Waals surface area (Å²) in [6, 6.07) is 0. The van der Waals surface area contributed by atoms with Gasteiger partial charge in [-0.2, -0.15) is 0 Å². The highest BCUT2D eigenvalue weighted by atomic mass is 16.5. The van der Waals surface area contributed by atoms with Crippen molar-refractivity contribution in [2.24, 2.45) is 0 Å². The minimum Gasteiger partial charge on any atom is -0.469 e. The van der Waals surface area contributed by atoms with Gasteiger partial charge in [0, 0.05) is 20.2 Å². The standard InChI is InChI=1S/C11H19NO4/c1-4-5-10(13)12(8-9-15-2)7-6-11(14)16-3/h4-5H,6-9H2,1-3H3/b5-4+. The molecule has 0 saturated carbocycles. The van der Waals surface area contributed by atoms with Crippen molar-refractivity contribution in [1.29, 1.82) is 0 Å². The molecule has 0 unspecified atom stereocenters. The lowest BCUT2D eigenvalue weighted by Crippen LogP contribution is -2.34. The second-order valence-electron chi connectivity index (χ2n) is 3.14. The number of ether oxygens (including phenoxy) is 2. The van der Waals surface area contributed by atoms with Gasteiger partial charge in [-0.1, -0.05) is 6.08 Å². The molecule has 0 aliphatic heterocycles. The van der Waals surface area contributed by atoms with E-state index in [0.29, 0.717) is 19.7 Å². The number of esters is 1. The SMILES string of the molecule is C/C=C/C(=O)N(CCOC)CCC(=O)OC. The Hall–Kier alpha value is -1.36. The fourth-order valence-corrected chi connectivity index (χ4v) is 1.11. The Bertz CT molecular complexity index is 250. The molecule has 16 heavy (non-hydrogen) atoms. The Morgan fingerprint density at radius 3 is 2.44 bits per heavy atom. The largest absolute Gasteiger partial charge is 0.469 e. The van der Waals surface area contributed by atoms with E-state index in [2.05, 4.69) is 4.74 Å². The van der Waals surface area contributed by atoms with Crippen LogP contribution in [0.3, 0.4) is 0 Å². The van der Waals surface area contributed by atoms with Crippen molar-refractivity contribution in [1.82, 2.24) is 4.90 Å². The summed E-state index contributed by atoms with van der Waals surface area (Å²) in [5.74, 6) is -0.445. The summed E-state index contributed by atoms with van der Waals surface area (Å²) < 4.78 is 9.42. The van der Waals surface area contributed by atoms with E-state index < -0.39 is 0 Å². The molecule has 5 heteroatoms. The van der Waals surface area contributed by atoms with Gasteiger partial charge in [-0.3, -0.25) is 9.59 Å². The van der Waals surface area contributed by atoms with Crippen LogP contribution in [-0.4, -0.2) is 50.7 Å². The van der Waals surface area contributed by atoms with Crippen LogP contribution in [0.15, 0.2) is 12.2 Å². The molecule has 0 radical (unpaired) electrons. The highest BCUT2D eigenvalue weighted by Crippen LogP contribution is 1.96.